The Morgan fingerprint density at radius 3 is 2.82 bits per heavy atom. The summed E-state index contributed by atoms with van der Waals surface area (Å²) in [4.78, 5) is 11.1. The van der Waals surface area contributed by atoms with Crippen LogP contribution in [0, 0.1) is 0 Å². The summed E-state index contributed by atoms with van der Waals surface area (Å²) in [6.45, 7) is 1.30. The van der Waals surface area contributed by atoms with Gasteiger partial charge in [0.2, 0.25) is 0 Å². The molecule has 1 aliphatic rings. The van der Waals surface area contributed by atoms with E-state index in [2.05, 4.69) is 20.5 Å². The maximum Gasteiger partial charge on any atom is 0.408 e. The highest BCUT2D eigenvalue weighted by molar-refractivity contribution is 5.83. The molecule has 2 N–H and O–H groups in total. The summed E-state index contributed by atoms with van der Waals surface area (Å²) >= 11 is 0. The van der Waals surface area contributed by atoms with Crippen LogP contribution >= 0.6 is 0 Å². The van der Waals surface area contributed by atoms with E-state index in [1.165, 1.54) is 12.4 Å². The average Bonchev–Trinajstić information content (AvgIpc) is 3.35. The zero-order valence-corrected chi connectivity index (χ0v) is 17.4. The van der Waals surface area contributed by atoms with Crippen molar-refractivity contribution in [3.8, 4) is 17.1 Å². The van der Waals surface area contributed by atoms with E-state index in [9.17, 15) is 18.3 Å². The Kier molecular flexibility index (Phi) is 5.46. The maximum atomic E-state index is 12.7. The number of hydrogen-bond acceptors (Lipinski definition) is 7. The largest absolute Gasteiger partial charge is 0.408 e. The number of hydrogen-bond donors (Lipinski definition) is 2. The van der Waals surface area contributed by atoms with Gasteiger partial charge in [-0.05, 0) is 18.2 Å². The molecule has 0 saturated carbocycles. The third-order valence-electron chi connectivity index (χ3n) is 5.35. The van der Waals surface area contributed by atoms with Gasteiger partial charge in [-0.25, -0.2) is 9.67 Å². The fourth-order valence-electron chi connectivity index (χ4n) is 3.83. The topological polar surface area (TPSA) is 96.9 Å². The molecule has 4 aromatic rings. The van der Waals surface area contributed by atoms with Gasteiger partial charge in [0.25, 0.3) is 0 Å². The Labute approximate surface area is 186 Å². The summed E-state index contributed by atoms with van der Waals surface area (Å²) in [5, 5.41) is 22.3. The Balaban J connectivity index is 1.47. The number of pyridine rings is 2. The SMILES string of the molecule is O[C@H]1CNCCN(c2cccc(-n3ncc4cnc(-c5cnn(CC(F)(F)F)c5)cc43)n2)C1. The van der Waals surface area contributed by atoms with Gasteiger partial charge in [-0.15, -0.1) is 0 Å². The van der Waals surface area contributed by atoms with Crippen LogP contribution in [0.4, 0.5) is 19.0 Å². The zero-order valence-electron chi connectivity index (χ0n) is 17.4. The molecule has 0 radical (unpaired) electrons. The summed E-state index contributed by atoms with van der Waals surface area (Å²) in [7, 11) is 0. The smallest absolute Gasteiger partial charge is 0.390 e. The number of nitrogens with zero attached hydrogens (tertiary/aromatic N) is 7. The number of rotatable bonds is 4. The molecule has 0 unspecified atom stereocenters. The lowest BCUT2D eigenvalue weighted by atomic mass is 10.2. The van der Waals surface area contributed by atoms with Crippen molar-refractivity contribution >= 4 is 16.7 Å². The monoisotopic (exact) mass is 458 g/mol. The molecule has 0 amide bonds. The van der Waals surface area contributed by atoms with Gasteiger partial charge in [0.15, 0.2) is 5.82 Å². The predicted octanol–water partition coefficient (Wildman–Crippen LogP) is 2.01. The fraction of sp³-hybridized carbons (Fsp3) is 0.333. The Hall–Kier alpha value is -3.51. The van der Waals surface area contributed by atoms with Gasteiger partial charge in [-0.2, -0.15) is 23.4 Å². The standard InChI is InChI=1S/C21H21F3N8O/c22-21(23,24)13-31-11-15(9-27-31)17-6-18-14(7-26-17)8-28-32(18)20-3-1-2-19(29-20)30-5-4-25-10-16(33)12-30/h1-3,6-9,11,16,25,33H,4-5,10,12-13H2/t16-/m0/s1. The van der Waals surface area contributed by atoms with E-state index >= 15 is 0 Å². The van der Waals surface area contributed by atoms with Gasteiger partial charge in [0.05, 0.1) is 29.7 Å². The van der Waals surface area contributed by atoms with Crippen molar-refractivity contribution < 1.29 is 18.3 Å². The lowest BCUT2D eigenvalue weighted by Crippen LogP contribution is -2.33. The average molecular weight is 458 g/mol. The summed E-state index contributed by atoms with van der Waals surface area (Å²) in [6, 6.07) is 7.34. The summed E-state index contributed by atoms with van der Waals surface area (Å²) in [6.07, 6.45) is 1.12. The van der Waals surface area contributed by atoms with Crippen molar-refractivity contribution in [1.29, 1.82) is 0 Å². The van der Waals surface area contributed by atoms with Gasteiger partial charge in [0.1, 0.15) is 12.4 Å². The second-order valence-electron chi connectivity index (χ2n) is 7.88. The van der Waals surface area contributed by atoms with E-state index in [0.29, 0.717) is 42.2 Å². The van der Waals surface area contributed by atoms with Gasteiger partial charge in [0, 0.05) is 49.5 Å². The number of β-amino-alcohol motifs (C(OH)–C–C–N with tert-alkyl or cyclic N) is 1. The van der Waals surface area contributed by atoms with E-state index in [0.717, 1.165) is 22.4 Å². The minimum Gasteiger partial charge on any atom is -0.390 e. The second kappa shape index (κ2) is 8.45. The van der Waals surface area contributed by atoms with Crippen molar-refractivity contribution in [1.82, 2.24) is 34.8 Å². The van der Waals surface area contributed by atoms with E-state index in [-0.39, 0.29) is 0 Å². The minimum absolute atomic E-state index is 0.472. The first kappa shape index (κ1) is 21.3. The van der Waals surface area contributed by atoms with Crippen LogP contribution in [-0.2, 0) is 6.54 Å². The fourth-order valence-corrected chi connectivity index (χ4v) is 3.83. The second-order valence-corrected chi connectivity index (χ2v) is 7.88. The van der Waals surface area contributed by atoms with Gasteiger partial charge < -0.3 is 15.3 Å². The molecule has 1 saturated heterocycles. The third-order valence-corrected chi connectivity index (χ3v) is 5.35. The summed E-state index contributed by atoms with van der Waals surface area (Å²) < 4.78 is 40.5. The van der Waals surface area contributed by atoms with Crippen LogP contribution in [-0.4, -0.2) is 73.1 Å². The Morgan fingerprint density at radius 1 is 1.12 bits per heavy atom. The molecular formula is C21H21F3N8O. The normalized spacial score (nSPS) is 17.5. The van der Waals surface area contributed by atoms with Crippen LogP contribution in [0.1, 0.15) is 0 Å². The highest BCUT2D eigenvalue weighted by Crippen LogP contribution is 2.25. The maximum absolute atomic E-state index is 12.7. The molecule has 1 fully saturated rings. The molecule has 9 nitrogen and oxygen atoms in total. The van der Waals surface area contributed by atoms with E-state index in [1.807, 2.05) is 23.1 Å². The highest BCUT2D eigenvalue weighted by atomic mass is 19.4. The molecule has 0 aromatic carbocycles. The van der Waals surface area contributed by atoms with Gasteiger partial charge in [-0.3, -0.25) is 9.67 Å². The van der Waals surface area contributed by atoms with Crippen LogP contribution < -0.4 is 10.2 Å². The van der Waals surface area contributed by atoms with Gasteiger partial charge >= 0.3 is 6.18 Å². The lowest BCUT2D eigenvalue weighted by Gasteiger charge is -2.23. The first-order valence-corrected chi connectivity index (χ1v) is 10.4. The van der Waals surface area contributed by atoms with E-state index in [4.69, 9.17) is 4.98 Å². The molecule has 33 heavy (non-hydrogen) atoms. The van der Waals surface area contributed by atoms with Crippen LogP contribution in [0.15, 0.2) is 49.1 Å². The molecule has 5 rings (SSSR count). The first-order valence-electron chi connectivity index (χ1n) is 10.4. The number of anilines is 1. The minimum atomic E-state index is -4.35. The molecule has 0 aliphatic carbocycles. The third kappa shape index (κ3) is 4.66. The lowest BCUT2D eigenvalue weighted by molar-refractivity contribution is -0.142. The van der Waals surface area contributed by atoms with Crippen molar-refractivity contribution in [2.24, 2.45) is 0 Å². The number of halogens is 3. The van der Waals surface area contributed by atoms with Crippen LogP contribution in [0.25, 0.3) is 28.0 Å². The molecule has 12 heteroatoms. The molecule has 5 heterocycles. The number of aliphatic hydroxyl groups is 1. The summed E-state index contributed by atoms with van der Waals surface area (Å²) in [5.74, 6) is 1.31. The zero-order chi connectivity index (χ0) is 23.0. The molecule has 0 spiro atoms. The van der Waals surface area contributed by atoms with Crippen molar-refractivity contribution in [2.45, 2.75) is 18.8 Å². The number of fused-ring (bicyclic) bond motifs is 1. The van der Waals surface area contributed by atoms with E-state index in [1.54, 1.807) is 23.1 Å². The number of aromatic nitrogens is 6. The predicted molar refractivity (Wildman–Crippen MR) is 115 cm³/mol. The van der Waals surface area contributed by atoms with Gasteiger partial charge in [-0.1, -0.05) is 6.07 Å². The molecule has 172 valence electrons. The van der Waals surface area contributed by atoms with Crippen LogP contribution in [0.3, 0.4) is 0 Å². The highest BCUT2D eigenvalue weighted by Gasteiger charge is 2.28. The first-order chi connectivity index (χ1) is 15.9. The Morgan fingerprint density at radius 2 is 1.97 bits per heavy atom. The van der Waals surface area contributed by atoms with Crippen molar-refractivity contribution in [2.75, 3.05) is 31.1 Å². The number of aliphatic hydroxyl groups excluding tert-OH is 1. The molecular weight excluding hydrogens is 437 g/mol. The van der Waals surface area contributed by atoms with Crippen LogP contribution in [0.2, 0.25) is 0 Å². The van der Waals surface area contributed by atoms with Crippen molar-refractivity contribution in [3.05, 3.63) is 49.1 Å². The molecule has 0 bridgehead atoms. The quantitative estimate of drug-likeness (QED) is 0.483. The van der Waals surface area contributed by atoms with E-state index < -0.39 is 18.8 Å². The summed E-state index contributed by atoms with van der Waals surface area (Å²) in [5.41, 5.74) is 1.67. The molecule has 1 aliphatic heterocycles. The number of nitrogens with one attached hydrogen (secondary N) is 1. The van der Waals surface area contributed by atoms with Crippen molar-refractivity contribution in [3.63, 3.8) is 0 Å². The Bertz CT molecular complexity index is 1270. The molecule has 1 atom stereocenters. The molecule has 4 aromatic heterocycles. The number of alkyl halides is 3. The van der Waals surface area contributed by atoms with Crippen LogP contribution in [0.5, 0.6) is 0 Å².